The highest BCUT2D eigenvalue weighted by Crippen LogP contribution is 2.43. The molecule has 3 N–H and O–H groups in total. The van der Waals surface area contributed by atoms with E-state index in [0.717, 1.165) is 70.6 Å². The lowest BCUT2D eigenvalue weighted by atomic mass is 10.0. The third-order valence-electron chi connectivity index (χ3n) is 13.1. The summed E-state index contributed by atoms with van der Waals surface area (Å²) < 4.78 is 23.7. The molecule has 0 heterocycles. The largest absolute Gasteiger partial charge is 0.472 e. The predicted octanol–water partition coefficient (Wildman–Crippen LogP) is 18.4. The number of nitrogens with one attached hydrogen (secondary N) is 1. The number of hydrogen-bond acceptors (Lipinski definition) is 5. The normalized spacial score (nSPS) is 14.5. The molecule has 1 amide bonds. The molecule has 0 radical (unpaired) electrons. The number of nitrogens with zero attached hydrogens (tertiary/aromatic N) is 1. The third-order valence-corrected chi connectivity index (χ3v) is 14.1. The smallest absolute Gasteiger partial charge is 0.387 e. The van der Waals surface area contributed by atoms with Crippen LogP contribution in [0.3, 0.4) is 0 Å². The van der Waals surface area contributed by atoms with Crippen LogP contribution in [0.4, 0.5) is 0 Å². The molecular formula is C63H116N2O6P+. The minimum Gasteiger partial charge on any atom is -0.387 e. The highest BCUT2D eigenvalue weighted by atomic mass is 31.2. The number of aliphatic hydroxyl groups is 1. The fraction of sp³-hybridized carbons (Fsp3) is 0.762. The summed E-state index contributed by atoms with van der Waals surface area (Å²) in [5.74, 6) is -0.191. The highest BCUT2D eigenvalue weighted by molar-refractivity contribution is 7.47. The van der Waals surface area contributed by atoms with E-state index >= 15 is 0 Å². The number of likely N-dealkylation sites (N-methyl/N-ethyl adjacent to an activating group) is 1. The molecule has 9 heteroatoms. The van der Waals surface area contributed by atoms with Gasteiger partial charge < -0.3 is 19.8 Å². The number of phosphoric acid groups is 1. The molecule has 0 aliphatic rings. The number of hydrogen-bond donors (Lipinski definition) is 3. The lowest BCUT2D eigenvalue weighted by Crippen LogP contribution is -2.45. The summed E-state index contributed by atoms with van der Waals surface area (Å²) in [6, 6.07) is -0.871. The van der Waals surface area contributed by atoms with Crippen LogP contribution in [0.5, 0.6) is 0 Å². The molecule has 0 aromatic heterocycles. The zero-order valence-electron chi connectivity index (χ0n) is 47.7. The molecule has 0 aromatic carbocycles. The Labute approximate surface area is 446 Å². The first-order valence-corrected chi connectivity index (χ1v) is 31.5. The number of phosphoric ester groups is 1. The monoisotopic (exact) mass is 1030 g/mol. The summed E-state index contributed by atoms with van der Waals surface area (Å²) in [5, 5.41) is 13.9. The molecule has 0 rings (SSSR count). The Bertz CT molecular complexity index is 1450. The first-order chi connectivity index (χ1) is 35.0. The molecule has 0 saturated heterocycles. The van der Waals surface area contributed by atoms with Crippen LogP contribution < -0.4 is 5.32 Å². The van der Waals surface area contributed by atoms with Gasteiger partial charge in [0, 0.05) is 6.42 Å². The second-order valence-corrected chi connectivity index (χ2v) is 22.8. The Morgan fingerprint density at radius 3 is 1.28 bits per heavy atom. The van der Waals surface area contributed by atoms with Gasteiger partial charge in [-0.1, -0.05) is 259 Å². The Hall–Kier alpha value is -2.32. The van der Waals surface area contributed by atoms with Crippen LogP contribution in [-0.4, -0.2) is 73.4 Å². The van der Waals surface area contributed by atoms with Crippen LogP contribution in [0.25, 0.3) is 0 Å². The standard InChI is InChI=1S/C63H115N2O6P/c1-6-8-10-12-14-16-18-20-22-24-26-28-30-31-32-33-35-37-39-41-43-45-47-49-51-53-55-57-63(67)64-61(60-71-72(68,69)70-59-58-65(3,4)5)62(66)56-54-52-50-48-46-44-42-40-38-36-34-29-27-25-23-21-19-17-15-13-11-9-7-2/h8,10,14,16,20,22,26,28,31-32,46,48,54,56,61-62,66H,6-7,9,11-13,15,17-19,21,23-25,27,29-30,33-45,47,49-53,55,57-60H2,1-5H3,(H-,64,67,68,69)/p+1/b10-8-,16-14-,22-20-,28-26-,32-31-,48-46+,56-54+. The van der Waals surface area contributed by atoms with Gasteiger partial charge in [-0.3, -0.25) is 13.8 Å². The molecule has 0 aromatic rings. The van der Waals surface area contributed by atoms with E-state index in [1.54, 1.807) is 6.08 Å². The van der Waals surface area contributed by atoms with Crippen LogP contribution in [-0.2, 0) is 18.4 Å². The number of carbonyl (C=O) groups is 1. The molecular weight excluding hydrogens is 912 g/mol. The Kier molecular flexibility index (Phi) is 51.8. The molecule has 0 fully saturated rings. The topological polar surface area (TPSA) is 105 Å². The summed E-state index contributed by atoms with van der Waals surface area (Å²) in [7, 11) is 1.55. The van der Waals surface area contributed by atoms with Crippen LogP contribution in [0.2, 0.25) is 0 Å². The van der Waals surface area contributed by atoms with E-state index in [-0.39, 0.29) is 19.1 Å². The van der Waals surface area contributed by atoms with Crippen molar-refractivity contribution in [1.29, 1.82) is 0 Å². The van der Waals surface area contributed by atoms with Gasteiger partial charge in [0.05, 0.1) is 39.9 Å². The average molecular weight is 1030 g/mol. The second-order valence-electron chi connectivity index (χ2n) is 21.3. The molecule has 0 aliphatic heterocycles. The summed E-state index contributed by atoms with van der Waals surface area (Å²) >= 11 is 0. The van der Waals surface area contributed by atoms with Gasteiger partial charge in [0.15, 0.2) is 0 Å². The van der Waals surface area contributed by atoms with Crippen molar-refractivity contribution >= 4 is 13.7 Å². The molecule has 72 heavy (non-hydrogen) atoms. The lowest BCUT2D eigenvalue weighted by molar-refractivity contribution is -0.870. The number of aliphatic hydroxyl groups excluding tert-OH is 1. The maximum atomic E-state index is 13.0. The van der Waals surface area contributed by atoms with E-state index in [2.05, 4.69) is 92.1 Å². The van der Waals surface area contributed by atoms with Gasteiger partial charge in [-0.25, -0.2) is 4.57 Å². The van der Waals surface area contributed by atoms with Crippen molar-refractivity contribution in [3.63, 3.8) is 0 Å². The molecule has 0 bridgehead atoms. The zero-order chi connectivity index (χ0) is 52.7. The number of carbonyl (C=O) groups excluding carboxylic acids is 1. The molecule has 418 valence electrons. The van der Waals surface area contributed by atoms with E-state index in [1.165, 1.54) is 167 Å². The van der Waals surface area contributed by atoms with E-state index < -0.39 is 20.0 Å². The van der Waals surface area contributed by atoms with Crippen LogP contribution >= 0.6 is 7.82 Å². The molecule has 0 saturated carbocycles. The summed E-state index contributed by atoms with van der Waals surface area (Å²) in [6.07, 6.45) is 75.5. The number of allylic oxidation sites excluding steroid dienone is 13. The number of quaternary nitrogens is 1. The number of amides is 1. The van der Waals surface area contributed by atoms with Crippen molar-refractivity contribution in [2.24, 2.45) is 0 Å². The van der Waals surface area contributed by atoms with Gasteiger partial charge in [0.25, 0.3) is 0 Å². The van der Waals surface area contributed by atoms with Crippen LogP contribution in [0, 0.1) is 0 Å². The lowest BCUT2D eigenvalue weighted by Gasteiger charge is -2.25. The van der Waals surface area contributed by atoms with E-state index in [9.17, 15) is 19.4 Å². The van der Waals surface area contributed by atoms with Crippen molar-refractivity contribution in [3.05, 3.63) is 85.1 Å². The first kappa shape index (κ1) is 69.7. The SMILES string of the molecule is CC/C=C\C/C=C\C/C=C\C/C=C\C/C=C\CCCCCCCCCCCCCC(=O)NC(COP(=O)(O)OCC[N+](C)(C)C)C(O)/C=C/CC/C=C/CCCCCCCCCCCCCCCCCCC. The van der Waals surface area contributed by atoms with Crippen molar-refractivity contribution in [2.75, 3.05) is 40.9 Å². The number of rotatable bonds is 54. The molecule has 0 aliphatic carbocycles. The molecule has 0 spiro atoms. The molecule has 8 nitrogen and oxygen atoms in total. The van der Waals surface area contributed by atoms with E-state index in [0.29, 0.717) is 17.4 Å². The highest BCUT2D eigenvalue weighted by Gasteiger charge is 2.27. The Balaban J connectivity index is 4.25. The first-order valence-electron chi connectivity index (χ1n) is 30.0. The quantitative estimate of drug-likeness (QED) is 0.0243. The predicted molar refractivity (Wildman–Crippen MR) is 313 cm³/mol. The van der Waals surface area contributed by atoms with Gasteiger partial charge in [0.1, 0.15) is 13.2 Å². The van der Waals surface area contributed by atoms with Crippen molar-refractivity contribution < 1.29 is 32.9 Å². The maximum Gasteiger partial charge on any atom is 0.472 e. The van der Waals surface area contributed by atoms with Gasteiger partial charge >= 0.3 is 7.82 Å². The summed E-state index contributed by atoms with van der Waals surface area (Å²) in [5.41, 5.74) is 0. The molecule has 3 atom stereocenters. The van der Waals surface area contributed by atoms with Crippen LogP contribution in [0.1, 0.15) is 258 Å². The summed E-state index contributed by atoms with van der Waals surface area (Å²) in [6.45, 7) is 4.70. The van der Waals surface area contributed by atoms with Crippen molar-refractivity contribution in [2.45, 2.75) is 270 Å². The van der Waals surface area contributed by atoms with Crippen molar-refractivity contribution in [1.82, 2.24) is 5.32 Å². The van der Waals surface area contributed by atoms with Crippen molar-refractivity contribution in [3.8, 4) is 0 Å². The van der Waals surface area contributed by atoms with Gasteiger partial charge in [0.2, 0.25) is 5.91 Å². The van der Waals surface area contributed by atoms with Crippen LogP contribution in [0.15, 0.2) is 85.1 Å². The molecule has 3 unspecified atom stereocenters. The van der Waals surface area contributed by atoms with E-state index in [4.69, 9.17) is 9.05 Å². The fourth-order valence-electron chi connectivity index (χ4n) is 8.44. The number of unbranched alkanes of at least 4 members (excludes halogenated alkanes) is 29. The maximum absolute atomic E-state index is 13.0. The minimum atomic E-state index is -4.36. The third kappa shape index (κ3) is 55.4. The van der Waals surface area contributed by atoms with Gasteiger partial charge in [-0.05, 0) is 77.0 Å². The fourth-order valence-corrected chi connectivity index (χ4v) is 9.17. The van der Waals surface area contributed by atoms with Gasteiger partial charge in [-0.15, -0.1) is 0 Å². The summed E-state index contributed by atoms with van der Waals surface area (Å²) in [4.78, 5) is 23.3. The van der Waals surface area contributed by atoms with E-state index in [1.807, 2.05) is 27.2 Å². The Morgan fingerprint density at radius 1 is 0.486 bits per heavy atom. The minimum absolute atomic E-state index is 0.0523. The van der Waals surface area contributed by atoms with Gasteiger partial charge in [-0.2, -0.15) is 0 Å². The zero-order valence-corrected chi connectivity index (χ0v) is 48.5. The second kappa shape index (κ2) is 53.5. The average Bonchev–Trinajstić information content (AvgIpc) is 3.34. The Morgan fingerprint density at radius 2 is 0.847 bits per heavy atom.